The summed E-state index contributed by atoms with van der Waals surface area (Å²) < 4.78 is 13.4. The van der Waals surface area contributed by atoms with Crippen molar-refractivity contribution in [2.75, 3.05) is 23.9 Å². The van der Waals surface area contributed by atoms with E-state index in [0.29, 0.717) is 21.6 Å². The third-order valence-electron chi connectivity index (χ3n) is 7.81. The van der Waals surface area contributed by atoms with Crippen LogP contribution in [0, 0.1) is 13.8 Å². The van der Waals surface area contributed by atoms with Crippen molar-refractivity contribution in [2.24, 2.45) is 0 Å². The summed E-state index contributed by atoms with van der Waals surface area (Å²) >= 11 is 12.4. The third-order valence-corrected chi connectivity index (χ3v) is 8.36. The lowest BCUT2D eigenvalue weighted by atomic mass is 9.96. The van der Waals surface area contributed by atoms with Gasteiger partial charge in [0.2, 0.25) is 0 Å². The monoisotopic (exact) mass is 637 g/mol. The minimum absolute atomic E-state index is 0.0905. The van der Waals surface area contributed by atoms with Crippen LogP contribution in [0.5, 0.6) is 11.5 Å². The first-order chi connectivity index (χ1) is 21.8. The van der Waals surface area contributed by atoms with Crippen molar-refractivity contribution in [3.8, 4) is 17.2 Å². The molecule has 228 valence electrons. The van der Waals surface area contributed by atoms with Gasteiger partial charge in [0.15, 0.2) is 11.7 Å². The molecule has 0 bridgehead atoms. The molecule has 1 fully saturated rings. The van der Waals surface area contributed by atoms with Gasteiger partial charge in [0, 0.05) is 34.0 Å². The number of rotatable bonds is 9. The van der Waals surface area contributed by atoms with E-state index in [0.717, 1.165) is 39.8 Å². The van der Waals surface area contributed by atoms with E-state index >= 15 is 0 Å². The number of hydrogen-bond acceptors (Lipinski definition) is 5. The van der Waals surface area contributed by atoms with Crippen molar-refractivity contribution in [3.05, 3.63) is 131 Å². The maximum atomic E-state index is 12.6. The van der Waals surface area contributed by atoms with Gasteiger partial charge in [0.25, 0.3) is 5.91 Å². The molecule has 3 heterocycles. The van der Waals surface area contributed by atoms with Gasteiger partial charge in [0.05, 0.1) is 30.6 Å². The number of benzene rings is 3. The van der Waals surface area contributed by atoms with Crippen molar-refractivity contribution in [1.29, 1.82) is 0 Å². The highest BCUT2D eigenvalue weighted by molar-refractivity contribution is 7.80. The molecule has 1 aliphatic heterocycles. The average molecular weight is 638 g/mol. The van der Waals surface area contributed by atoms with Crippen molar-refractivity contribution < 1.29 is 14.3 Å². The first-order valence-electron chi connectivity index (χ1n) is 14.4. The maximum Gasteiger partial charge on any atom is 0.262 e. The predicted octanol–water partition coefficient (Wildman–Crippen LogP) is 7.35. The van der Waals surface area contributed by atoms with Crippen LogP contribution in [-0.4, -0.2) is 34.3 Å². The van der Waals surface area contributed by atoms with Gasteiger partial charge in [-0.2, -0.15) is 0 Å². The molecule has 1 saturated heterocycles. The van der Waals surface area contributed by atoms with E-state index in [1.54, 1.807) is 13.3 Å². The zero-order valence-electron chi connectivity index (χ0n) is 25.0. The third kappa shape index (κ3) is 6.22. The van der Waals surface area contributed by atoms with Crippen LogP contribution in [0.15, 0.2) is 103 Å². The number of methoxy groups -OCH3 is 1. The Hall–Kier alpha value is -4.86. The average Bonchev–Trinajstić information content (AvgIpc) is 3.55. The van der Waals surface area contributed by atoms with Crippen LogP contribution in [0.3, 0.4) is 0 Å². The van der Waals surface area contributed by atoms with Crippen molar-refractivity contribution >= 4 is 46.2 Å². The number of hydrogen-bond donors (Lipinski definition) is 2. The van der Waals surface area contributed by atoms with Crippen LogP contribution in [0.2, 0.25) is 5.02 Å². The number of halogens is 1. The van der Waals surface area contributed by atoms with Crippen molar-refractivity contribution in [2.45, 2.75) is 25.9 Å². The van der Waals surface area contributed by atoms with Gasteiger partial charge in [-0.25, -0.2) is 0 Å². The maximum absolute atomic E-state index is 12.6. The molecular formula is C35H32ClN5O3S. The molecule has 0 saturated carbocycles. The molecule has 45 heavy (non-hydrogen) atoms. The smallest absolute Gasteiger partial charge is 0.262 e. The first kappa shape index (κ1) is 30.2. The second kappa shape index (κ2) is 13.0. The fraction of sp³-hybridized carbons (Fsp3) is 0.171. The molecule has 0 aliphatic carbocycles. The lowest BCUT2D eigenvalue weighted by Crippen LogP contribution is -2.29. The Morgan fingerprint density at radius 1 is 1.00 bits per heavy atom. The molecule has 5 aromatic rings. The summed E-state index contributed by atoms with van der Waals surface area (Å²) in [6, 6.07) is 30.1. The minimum Gasteiger partial charge on any atom is -0.495 e. The molecule has 6 rings (SSSR count). The molecular weight excluding hydrogens is 606 g/mol. The largest absolute Gasteiger partial charge is 0.495 e. The van der Waals surface area contributed by atoms with E-state index in [1.165, 1.54) is 0 Å². The van der Waals surface area contributed by atoms with Gasteiger partial charge in [-0.1, -0.05) is 35.9 Å². The fourth-order valence-electron chi connectivity index (χ4n) is 5.81. The summed E-state index contributed by atoms with van der Waals surface area (Å²) in [5.74, 6) is 1.11. The van der Waals surface area contributed by atoms with Gasteiger partial charge in [-0.3, -0.25) is 9.78 Å². The van der Waals surface area contributed by atoms with Crippen molar-refractivity contribution in [1.82, 2.24) is 14.9 Å². The molecule has 10 heteroatoms. The summed E-state index contributed by atoms with van der Waals surface area (Å²) in [6.07, 6.45) is 1.79. The Kier molecular flexibility index (Phi) is 8.73. The number of amides is 1. The number of thiocarbonyl (C=S) groups is 1. The first-order valence-corrected chi connectivity index (χ1v) is 15.2. The number of ether oxygens (including phenoxy) is 2. The Bertz CT molecular complexity index is 1830. The number of aryl methyl sites for hydroxylation is 1. The highest BCUT2D eigenvalue weighted by Gasteiger charge is 2.42. The quantitative estimate of drug-likeness (QED) is 0.164. The molecule has 8 nitrogen and oxygen atoms in total. The van der Waals surface area contributed by atoms with E-state index < -0.39 is 0 Å². The van der Waals surface area contributed by atoms with Gasteiger partial charge >= 0.3 is 0 Å². The lowest BCUT2D eigenvalue weighted by Gasteiger charge is -2.28. The Labute approximate surface area is 272 Å². The normalized spacial score (nSPS) is 15.9. The van der Waals surface area contributed by atoms with Crippen molar-refractivity contribution in [3.63, 3.8) is 0 Å². The minimum atomic E-state index is -0.248. The van der Waals surface area contributed by atoms with Gasteiger partial charge < -0.3 is 29.6 Å². The highest BCUT2D eigenvalue weighted by Crippen LogP contribution is 2.44. The molecule has 0 unspecified atom stereocenters. The summed E-state index contributed by atoms with van der Waals surface area (Å²) in [6.45, 7) is 4.07. The van der Waals surface area contributed by atoms with Crippen LogP contribution < -0.4 is 25.0 Å². The summed E-state index contributed by atoms with van der Waals surface area (Å²) in [4.78, 5) is 19.4. The number of carbonyl (C=O) groups excluding carboxylic acids is 1. The van der Waals surface area contributed by atoms with E-state index in [4.69, 9.17) is 33.3 Å². The molecule has 3 aromatic carbocycles. The Balaban J connectivity index is 1.33. The van der Waals surface area contributed by atoms with E-state index in [1.807, 2.05) is 91.0 Å². The number of para-hydroxylation sites is 1. The fourth-order valence-corrected chi connectivity index (χ4v) is 6.32. The van der Waals surface area contributed by atoms with E-state index in [2.05, 4.69) is 45.0 Å². The molecule has 1 amide bonds. The van der Waals surface area contributed by atoms with Crippen LogP contribution >= 0.6 is 23.8 Å². The topological polar surface area (TPSA) is 80.7 Å². The van der Waals surface area contributed by atoms with Crippen LogP contribution in [0.25, 0.3) is 5.69 Å². The SMILES string of the molecule is COc1ccc(Cl)cc1-n1c(C)cc([C@@H]2[C@@H](c3ccccn3)NC(=S)N2c2ccc(NC(=O)COc3ccccc3)cc2)c1C. The number of nitrogens with one attached hydrogen (secondary N) is 2. The molecule has 2 aromatic heterocycles. The summed E-state index contributed by atoms with van der Waals surface area (Å²) in [7, 11) is 1.66. The molecule has 2 N–H and O–H groups in total. The predicted molar refractivity (Wildman–Crippen MR) is 182 cm³/mol. The number of pyridine rings is 1. The zero-order chi connectivity index (χ0) is 31.5. The molecule has 1 aliphatic rings. The number of aromatic nitrogens is 2. The van der Waals surface area contributed by atoms with E-state index in [-0.39, 0.29) is 24.6 Å². The van der Waals surface area contributed by atoms with Gasteiger partial charge in [0.1, 0.15) is 11.5 Å². The van der Waals surface area contributed by atoms with Crippen LogP contribution in [0.1, 0.15) is 34.7 Å². The zero-order valence-corrected chi connectivity index (χ0v) is 26.6. The van der Waals surface area contributed by atoms with Crippen LogP contribution in [-0.2, 0) is 4.79 Å². The number of carbonyl (C=O) groups is 1. The number of nitrogens with zero attached hydrogens (tertiary/aromatic N) is 3. The molecule has 0 radical (unpaired) electrons. The second-order valence-corrected chi connectivity index (χ2v) is 11.5. The Morgan fingerprint density at radius 3 is 2.47 bits per heavy atom. The Morgan fingerprint density at radius 2 is 1.76 bits per heavy atom. The van der Waals surface area contributed by atoms with Gasteiger partial charge in [-0.05, 0) is 104 Å². The van der Waals surface area contributed by atoms with E-state index in [9.17, 15) is 4.79 Å². The summed E-state index contributed by atoms with van der Waals surface area (Å²) in [5, 5.41) is 7.63. The highest BCUT2D eigenvalue weighted by atomic mass is 35.5. The van der Waals surface area contributed by atoms with Gasteiger partial charge in [-0.15, -0.1) is 0 Å². The number of anilines is 2. The molecule has 0 spiro atoms. The van der Waals surface area contributed by atoms with Crippen LogP contribution in [0.4, 0.5) is 11.4 Å². The standard InChI is InChI=1S/C35H32ClN5O3S/c1-22-19-28(23(2)40(22)30-20-24(36)12-17-31(30)43-3)34-33(29-11-7-8-18-37-29)39-35(45)41(34)26-15-13-25(14-16-26)38-32(42)21-44-27-9-5-4-6-10-27/h4-20,33-34H,21H2,1-3H3,(H,38,42)(H,39,45)/t33-,34-/m1/s1. The lowest BCUT2D eigenvalue weighted by molar-refractivity contribution is -0.118. The second-order valence-electron chi connectivity index (χ2n) is 10.7. The summed E-state index contributed by atoms with van der Waals surface area (Å²) in [5.41, 5.74) is 6.39. The molecule has 2 atom stereocenters.